The molecule has 0 aliphatic carbocycles. The van der Waals surface area contributed by atoms with E-state index in [9.17, 15) is 0 Å². The Morgan fingerprint density at radius 2 is 1.89 bits per heavy atom. The van der Waals surface area contributed by atoms with Gasteiger partial charge in [-0.3, -0.25) is 4.98 Å². The lowest BCUT2D eigenvalue weighted by atomic mass is 10.1. The third-order valence-corrected chi connectivity index (χ3v) is 2.32. The van der Waals surface area contributed by atoms with E-state index in [0.717, 1.165) is 11.3 Å². The SMILES string of the molecule is CN(C)C=CC(=Nn1cccc1)c1ccncc1. The lowest BCUT2D eigenvalue weighted by molar-refractivity contribution is 0.564. The van der Waals surface area contributed by atoms with Crippen molar-refractivity contribution in [3.05, 3.63) is 66.9 Å². The van der Waals surface area contributed by atoms with Crippen LogP contribution in [-0.4, -0.2) is 34.4 Å². The minimum atomic E-state index is 0.891. The zero-order valence-corrected chi connectivity index (χ0v) is 10.6. The standard InChI is InChI=1S/C14H16N4/c1-17(2)12-7-14(13-5-8-15-9-6-13)16-18-10-3-4-11-18/h3-12H,1-2H3. The van der Waals surface area contributed by atoms with Crippen LogP contribution < -0.4 is 0 Å². The molecule has 0 fully saturated rings. The Hall–Kier alpha value is -2.36. The maximum atomic E-state index is 4.55. The third-order valence-electron chi connectivity index (χ3n) is 2.32. The Labute approximate surface area is 107 Å². The predicted molar refractivity (Wildman–Crippen MR) is 73.4 cm³/mol. The highest BCUT2D eigenvalue weighted by atomic mass is 15.3. The maximum Gasteiger partial charge on any atom is 0.0927 e. The Balaban J connectivity index is 2.35. The molecule has 2 aromatic heterocycles. The van der Waals surface area contributed by atoms with E-state index >= 15 is 0 Å². The van der Waals surface area contributed by atoms with Gasteiger partial charge in [-0.25, -0.2) is 4.68 Å². The fourth-order valence-electron chi connectivity index (χ4n) is 1.45. The summed E-state index contributed by atoms with van der Waals surface area (Å²) in [7, 11) is 3.96. The van der Waals surface area contributed by atoms with Gasteiger partial charge in [0.25, 0.3) is 0 Å². The smallest absolute Gasteiger partial charge is 0.0927 e. The second-order valence-electron chi connectivity index (χ2n) is 4.06. The van der Waals surface area contributed by atoms with E-state index in [1.54, 1.807) is 17.1 Å². The van der Waals surface area contributed by atoms with Gasteiger partial charge < -0.3 is 4.90 Å². The molecular weight excluding hydrogens is 224 g/mol. The van der Waals surface area contributed by atoms with Gasteiger partial charge in [-0.1, -0.05) is 0 Å². The summed E-state index contributed by atoms with van der Waals surface area (Å²) in [4.78, 5) is 6.00. The van der Waals surface area contributed by atoms with Crippen LogP contribution in [-0.2, 0) is 0 Å². The molecular formula is C14H16N4. The van der Waals surface area contributed by atoms with Crippen molar-refractivity contribution in [1.82, 2.24) is 14.6 Å². The second-order valence-corrected chi connectivity index (χ2v) is 4.06. The summed E-state index contributed by atoms with van der Waals surface area (Å²) < 4.78 is 1.79. The van der Waals surface area contributed by atoms with Gasteiger partial charge in [0.2, 0.25) is 0 Å². The summed E-state index contributed by atoms with van der Waals surface area (Å²) in [5.74, 6) is 0. The van der Waals surface area contributed by atoms with Gasteiger partial charge >= 0.3 is 0 Å². The molecule has 0 unspecified atom stereocenters. The van der Waals surface area contributed by atoms with Crippen LogP contribution in [0.2, 0.25) is 0 Å². The van der Waals surface area contributed by atoms with Gasteiger partial charge in [0.05, 0.1) is 5.71 Å². The van der Waals surface area contributed by atoms with Crippen LogP contribution in [0.5, 0.6) is 0 Å². The lowest BCUT2D eigenvalue weighted by Gasteiger charge is -2.06. The zero-order chi connectivity index (χ0) is 12.8. The summed E-state index contributed by atoms with van der Waals surface area (Å²) in [6.07, 6.45) is 11.3. The van der Waals surface area contributed by atoms with Crippen molar-refractivity contribution in [3.63, 3.8) is 0 Å². The van der Waals surface area contributed by atoms with E-state index in [1.807, 2.05) is 67.9 Å². The number of rotatable bonds is 4. The zero-order valence-electron chi connectivity index (χ0n) is 10.6. The molecule has 0 spiro atoms. The van der Waals surface area contributed by atoms with Crippen molar-refractivity contribution < 1.29 is 0 Å². The van der Waals surface area contributed by atoms with Crippen LogP contribution in [0.15, 0.2) is 66.4 Å². The molecule has 0 aliphatic rings. The molecule has 0 saturated carbocycles. The highest BCUT2D eigenvalue weighted by molar-refractivity contribution is 6.08. The average molecular weight is 240 g/mol. The van der Waals surface area contributed by atoms with E-state index in [4.69, 9.17) is 0 Å². The molecule has 0 radical (unpaired) electrons. The molecule has 0 saturated heterocycles. The van der Waals surface area contributed by atoms with Gasteiger partial charge in [-0.05, 0) is 30.3 Å². The van der Waals surface area contributed by atoms with Gasteiger partial charge in [0, 0.05) is 50.6 Å². The largest absolute Gasteiger partial charge is 0.383 e. The topological polar surface area (TPSA) is 33.4 Å². The van der Waals surface area contributed by atoms with Crippen molar-refractivity contribution >= 4 is 5.71 Å². The molecule has 0 aliphatic heterocycles. The van der Waals surface area contributed by atoms with Crippen LogP contribution in [0, 0.1) is 0 Å². The highest BCUT2D eigenvalue weighted by Crippen LogP contribution is 2.03. The van der Waals surface area contributed by atoms with E-state index < -0.39 is 0 Å². The minimum Gasteiger partial charge on any atom is -0.383 e. The molecule has 2 aromatic rings. The van der Waals surface area contributed by atoms with Crippen LogP contribution in [0.3, 0.4) is 0 Å². The first-order valence-corrected chi connectivity index (χ1v) is 5.73. The normalized spacial score (nSPS) is 12.0. The van der Waals surface area contributed by atoms with Gasteiger partial charge in [-0.2, -0.15) is 5.10 Å². The van der Waals surface area contributed by atoms with Crippen LogP contribution in [0.4, 0.5) is 0 Å². The second kappa shape index (κ2) is 5.82. The molecule has 0 atom stereocenters. The number of hydrogen-bond donors (Lipinski definition) is 0. The quantitative estimate of drug-likeness (QED) is 0.768. The third kappa shape index (κ3) is 3.31. The molecule has 0 amide bonds. The number of pyridine rings is 1. The molecule has 0 N–H and O–H groups in total. The summed E-state index contributed by atoms with van der Waals surface area (Å²) in [5, 5.41) is 4.55. The van der Waals surface area contributed by atoms with E-state index in [0.29, 0.717) is 0 Å². The van der Waals surface area contributed by atoms with Gasteiger partial charge in [0.1, 0.15) is 0 Å². The van der Waals surface area contributed by atoms with Crippen molar-refractivity contribution in [3.8, 4) is 0 Å². The molecule has 18 heavy (non-hydrogen) atoms. The first kappa shape index (κ1) is 12.1. The number of aromatic nitrogens is 2. The average Bonchev–Trinajstić information content (AvgIpc) is 2.88. The Kier molecular flexibility index (Phi) is 3.91. The van der Waals surface area contributed by atoms with Crippen molar-refractivity contribution in [2.45, 2.75) is 0 Å². The van der Waals surface area contributed by atoms with E-state index in [1.165, 1.54) is 0 Å². The molecule has 2 heterocycles. The lowest BCUT2D eigenvalue weighted by Crippen LogP contribution is -2.05. The Morgan fingerprint density at radius 3 is 2.50 bits per heavy atom. The first-order chi connectivity index (χ1) is 8.75. The van der Waals surface area contributed by atoms with Crippen LogP contribution in [0.1, 0.15) is 5.56 Å². The predicted octanol–water partition coefficient (Wildman–Crippen LogP) is 2.21. The van der Waals surface area contributed by atoms with E-state index in [2.05, 4.69) is 10.1 Å². The first-order valence-electron chi connectivity index (χ1n) is 5.73. The summed E-state index contributed by atoms with van der Waals surface area (Å²) in [6.45, 7) is 0. The summed E-state index contributed by atoms with van der Waals surface area (Å²) >= 11 is 0. The van der Waals surface area contributed by atoms with E-state index in [-0.39, 0.29) is 0 Å². The molecule has 92 valence electrons. The minimum absolute atomic E-state index is 0.891. The number of hydrogen-bond acceptors (Lipinski definition) is 3. The summed E-state index contributed by atoms with van der Waals surface area (Å²) in [6, 6.07) is 7.79. The molecule has 2 rings (SSSR count). The van der Waals surface area contributed by atoms with Gasteiger partial charge in [-0.15, -0.1) is 0 Å². The molecule has 4 heteroatoms. The van der Waals surface area contributed by atoms with Crippen LogP contribution >= 0.6 is 0 Å². The molecule has 4 nitrogen and oxygen atoms in total. The molecule has 0 bridgehead atoms. The van der Waals surface area contributed by atoms with Gasteiger partial charge in [0.15, 0.2) is 0 Å². The van der Waals surface area contributed by atoms with Crippen molar-refractivity contribution in [2.24, 2.45) is 5.10 Å². The Bertz CT molecular complexity index is 524. The fraction of sp³-hybridized carbons (Fsp3) is 0.143. The van der Waals surface area contributed by atoms with Crippen molar-refractivity contribution in [2.75, 3.05) is 14.1 Å². The molecule has 0 aromatic carbocycles. The number of allylic oxidation sites excluding steroid dienone is 1. The maximum absolute atomic E-state index is 4.55. The fourth-order valence-corrected chi connectivity index (χ4v) is 1.45. The van der Waals surface area contributed by atoms with Crippen molar-refractivity contribution in [1.29, 1.82) is 0 Å². The summed E-state index contributed by atoms with van der Waals surface area (Å²) in [5.41, 5.74) is 1.93. The highest BCUT2D eigenvalue weighted by Gasteiger charge is 1.99. The Morgan fingerprint density at radius 1 is 1.22 bits per heavy atom. The monoisotopic (exact) mass is 240 g/mol. The number of nitrogens with zero attached hydrogens (tertiary/aromatic N) is 4. The van der Waals surface area contributed by atoms with Crippen LogP contribution in [0.25, 0.3) is 0 Å².